The Balaban J connectivity index is 1.57. The second-order valence-electron chi connectivity index (χ2n) is 7.77. The van der Waals surface area contributed by atoms with Crippen LogP contribution < -0.4 is 10.6 Å². The van der Waals surface area contributed by atoms with Gasteiger partial charge in [0, 0.05) is 12.2 Å². The molecule has 0 spiro atoms. The normalized spacial score (nSPS) is 14.9. The Morgan fingerprint density at radius 2 is 1.81 bits per heavy atom. The van der Waals surface area contributed by atoms with Crippen molar-refractivity contribution in [3.05, 3.63) is 64.7 Å². The first-order chi connectivity index (χ1) is 15.1. The molecule has 1 aliphatic rings. The van der Waals surface area contributed by atoms with Gasteiger partial charge in [-0.1, -0.05) is 35.9 Å². The second-order valence-corrected chi connectivity index (χ2v) is 9.17. The maximum atomic E-state index is 12.9. The largest absolute Gasteiger partial charge is 0.340 e. The highest BCUT2D eigenvalue weighted by atomic mass is 35.5. The average molecular weight is 460 g/mol. The molecule has 1 heterocycles. The fourth-order valence-electron chi connectivity index (χ4n) is 3.66. The molecule has 5 nitrogen and oxygen atoms in total. The maximum absolute atomic E-state index is 12.9. The lowest BCUT2D eigenvalue weighted by Crippen LogP contribution is -2.44. The van der Waals surface area contributed by atoms with Crippen molar-refractivity contribution in [2.45, 2.75) is 31.7 Å². The van der Waals surface area contributed by atoms with Gasteiger partial charge in [-0.25, -0.2) is 0 Å². The minimum absolute atomic E-state index is 0.223. The highest BCUT2D eigenvalue weighted by Crippen LogP contribution is 2.16. The van der Waals surface area contributed by atoms with E-state index in [1.54, 1.807) is 36.0 Å². The minimum Gasteiger partial charge on any atom is -0.340 e. The molecule has 166 valence electrons. The number of carbonyl (C=O) groups is 2. The molecule has 2 aromatic carbocycles. The fourth-order valence-corrected chi connectivity index (χ4v) is 4.36. The molecule has 1 aliphatic heterocycles. The third kappa shape index (κ3) is 7.27. The van der Waals surface area contributed by atoms with Crippen LogP contribution in [0.3, 0.4) is 0 Å². The Kier molecular flexibility index (Phi) is 9.25. The number of halogens is 1. The topological polar surface area (TPSA) is 61.4 Å². The van der Waals surface area contributed by atoms with Crippen molar-refractivity contribution < 1.29 is 9.59 Å². The van der Waals surface area contributed by atoms with Crippen LogP contribution in [0.15, 0.2) is 48.5 Å². The summed E-state index contributed by atoms with van der Waals surface area (Å²) in [5.74, 6) is 0.194. The van der Waals surface area contributed by atoms with Crippen molar-refractivity contribution in [2.75, 3.05) is 37.0 Å². The number of amides is 2. The van der Waals surface area contributed by atoms with Crippen molar-refractivity contribution in [1.29, 1.82) is 0 Å². The zero-order valence-electron chi connectivity index (χ0n) is 17.9. The average Bonchev–Trinajstić information content (AvgIpc) is 3.30. The van der Waals surface area contributed by atoms with Gasteiger partial charge in [0.15, 0.2) is 0 Å². The van der Waals surface area contributed by atoms with E-state index in [0.29, 0.717) is 17.0 Å². The number of carbonyl (C=O) groups excluding carboxylic acids is 2. The van der Waals surface area contributed by atoms with Crippen LogP contribution in [-0.4, -0.2) is 54.4 Å². The first-order valence-corrected chi connectivity index (χ1v) is 12.5. The lowest BCUT2D eigenvalue weighted by Gasteiger charge is -2.19. The molecule has 2 N–H and O–H groups in total. The van der Waals surface area contributed by atoms with E-state index in [2.05, 4.69) is 27.7 Å². The molecule has 0 saturated carbocycles. The van der Waals surface area contributed by atoms with Crippen LogP contribution in [0.2, 0.25) is 5.02 Å². The molecule has 2 amide bonds. The summed E-state index contributed by atoms with van der Waals surface area (Å²) in [6.45, 7) is 3.48. The Morgan fingerprint density at radius 1 is 1.10 bits per heavy atom. The van der Waals surface area contributed by atoms with E-state index in [4.69, 9.17) is 11.6 Å². The highest BCUT2D eigenvalue weighted by Gasteiger charge is 2.22. The van der Waals surface area contributed by atoms with Crippen molar-refractivity contribution in [3.8, 4) is 0 Å². The van der Waals surface area contributed by atoms with Gasteiger partial charge in [-0.2, -0.15) is 11.8 Å². The molecule has 0 aliphatic carbocycles. The van der Waals surface area contributed by atoms with E-state index in [9.17, 15) is 9.59 Å². The second kappa shape index (κ2) is 12.1. The van der Waals surface area contributed by atoms with Crippen molar-refractivity contribution >= 4 is 40.9 Å². The number of rotatable bonds is 10. The minimum atomic E-state index is -0.633. The molecular formula is C24H30ClN3O2S. The molecule has 31 heavy (non-hydrogen) atoms. The number of nitrogens with one attached hydrogen (secondary N) is 2. The predicted octanol–water partition coefficient (Wildman–Crippen LogP) is 4.47. The first kappa shape index (κ1) is 23.6. The van der Waals surface area contributed by atoms with Gasteiger partial charge in [-0.15, -0.1) is 0 Å². The highest BCUT2D eigenvalue weighted by molar-refractivity contribution is 7.98. The van der Waals surface area contributed by atoms with Gasteiger partial charge in [0.05, 0.1) is 10.6 Å². The summed E-state index contributed by atoms with van der Waals surface area (Å²) in [5, 5.41) is 6.15. The summed E-state index contributed by atoms with van der Waals surface area (Å²) in [6, 6.07) is 14.2. The van der Waals surface area contributed by atoms with E-state index in [0.717, 1.165) is 24.4 Å². The molecule has 1 fully saturated rings. The number of nitrogens with zero attached hydrogens (tertiary/aromatic N) is 1. The van der Waals surface area contributed by atoms with E-state index in [1.165, 1.54) is 31.5 Å². The number of hydrogen-bond acceptors (Lipinski definition) is 4. The van der Waals surface area contributed by atoms with Crippen LogP contribution >= 0.6 is 23.4 Å². The van der Waals surface area contributed by atoms with Gasteiger partial charge < -0.3 is 15.5 Å². The zero-order valence-corrected chi connectivity index (χ0v) is 19.5. The summed E-state index contributed by atoms with van der Waals surface area (Å²) in [5.41, 5.74) is 2.36. The van der Waals surface area contributed by atoms with Crippen molar-refractivity contribution in [1.82, 2.24) is 10.2 Å². The van der Waals surface area contributed by atoms with Crippen molar-refractivity contribution in [3.63, 3.8) is 0 Å². The summed E-state index contributed by atoms with van der Waals surface area (Å²) in [7, 11) is 0. The molecule has 1 saturated heterocycles. The summed E-state index contributed by atoms with van der Waals surface area (Å²) in [4.78, 5) is 28.0. The van der Waals surface area contributed by atoms with Crippen LogP contribution in [0.5, 0.6) is 0 Å². The third-order valence-electron chi connectivity index (χ3n) is 5.49. The Bertz CT molecular complexity index is 869. The quantitative estimate of drug-likeness (QED) is 0.550. The predicted molar refractivity (Wildman–Crippen MR) is 130 cm³/mol. The van der Waals surface area contributed by atoms with Gasteiger partial charge in [-0.05, 0) is 80.6 Å². The van der Waals surface area contributed by atoms with Crippen molar-refractivity contribution in [2.24, 2.45) is 0 Å². The molecule has 0 radical (unpaired) electrons. The van der Waals surface area contributed by atoms with Crippen LogP contribution in [-0.2, 0) is 11.2 Å². The maximum Gasteiger partial charge on any atom is 0.253 e. The van der Waals surface area contributed by atoms with Gasteiger partial charge in [0.2, 0.25) is 5.91 Å². The number of benzene rings is 2. The summed E-state index contributed by atoms with van der Waals surface area (Å²) >= 11 is 7.77. The molecule has 2 aromatic rings. The summed E-state index contributed by atoms with van der Waals surface area (Å²) in [6.07, 6.45) is 6.13. The van der Waals surface area contributed by atoms with Gasteiger partial charge in [-0.3, -0.25) is 9.59 Å². The first-order valence-electron chi connectivity index (χ1n) is 10.7. The molecule has 1 atom stereocenters. The van der Waals surface area contributed by atoms with E-state index in [-0.39, 0.29) is 11.8 Å². The number of anilines is 1. The lowest BCUT2D eigenvalue weighted by atomic mass is 10.1. The molecule has 1 unspecified atom stereocenters. The monoisotopic (exact) mass is 459 g/mol. The van der Waals surface area contributed by atoms with Crippen LogP contribution in [0, 0.1) is 0 Å². The molecule has 0 bridgehead atoms. The van der Waals surface area contributed by atoms with Gasteiger partial charge in [0.1, 0.15) is 6.04 Å². The Labute approximate surface area is 193 Å². The third-order valence-corrected chi connectivity index (χ3v) is 6.46. The number of likely N-dealkylation sites (tertiary alicyclic amines) is 1. The van der Waals surface area contributed by atoms with Crippen LogP contribution in [0.25, 0.3) is 0 Å². The fraction of sp³-hybridized carbons (Fsp3) is 0.417. The Hall–Kier alpha value is -2.02. The Morgan fingerprint density at radius 3 is 2.48 bits per heavy atom. The molecular weight excluding hydrogens is 430 g/mol. The van der Waals surface area contributed by atoms with Gasteiger partial charge in [0.25, 0.3) is 5.91 Å². The van der Waals surface area contributed by atoms with E-state index >= 15 is 0 Å². The molecule has 3 rings (SSSR count). The standard InChI is InChI=1S/C24H30ClN3O2S/c1-31-17-13-22(27-23(29)20-6-2-3-7-21(20)25)24(30)26-19-10-8-18(9-11-19)12-16-28-14-4-5-15-28/h2-3,6-11,22H,4-5,12-17H2,1H3,(H,26,30)(H,27,29). The lowest BCUT2D eigenvalue weighted by molar-refractivity contribution is -0.118. The van der Waals surface area contributed by atoms with Gasteiger partial charge >= 0.3 is 0 Å². The smallest absolute Gasteiger partial charge is 0.253 e. The van der Waals surface area contributed by atoms with Crippen LogP contribution in [0.1, 0.15) is 35.2 Å². The molecule has 7 heteroatoms. The van der Waals surface area contributed by atoms with Crippen LogP contribution in [0.4, 0.5) is 5.69 Å². The van der Waals surface area contributed by atoms with E-state index in [1.807, 2.05) is 18.4 Å². The zero-order chi connectivity index (χ0) is 22.1. The number of hydrogen-bond donors (Lipinski definition) is 2. The molecule has 0 aromatic heterocycles. The van der Waals surface area contributed by atoms with E-state index < -0.39 is 6.04 Å². The number of thioether (sulfide) groups is 1. The SMILES string of the molecule is CSCCC(NC(=O)c1ccccc1Cl)C(=O)Nc1ccc(CCN2CCCC2)cc1. The summed E-state index contributed by atoms with van der Waals surface area (Å²) < 4.78 is 0.